The summed E-state index contributed by atoms with van der Waals surface area (Å²) < 4.78 is 4.75. The van der Waals surface area contributed by atoms with Gasteiger partial charge in [-0.05, 0) is 13.0 Å². The first-order chi connectivity index (χ1) is 10.4. The maximum absolute atomic E-state index is 12.1. The van der Waals surface area contributed by atoms with Crippen molar-refractivity contribution in [1.82, 2.24) is 10.2 Å². The number of para-hydroxylation sites is 1. The van der Waals surface area contributed by atoms with Gasteiger partial charge < -0.3 is 15.0 Å². The number of esters is 1. The lowest BCUT2D eigenvalue weighted by Gasteiger charge is -2.32. The summed E-state index contributed by atoms with van der Waals surface area (Å²) >= 11 is 0. The molecule has 0 aliphatic carbocycles. The molecule has 0 unspecified atom stereocenters. The van der Waals surface area contributed by atoms with Gasteiger partial charge in [0.25, 0.3) is 5.69 Å². The third kappa shape index (κ3) is 2.50. The number of nitro benzene ring substituents is 1. The molecule has 0 aromatic heterocycles. The predicted molar refractivity (Wildman–Crippen MR) is 76.8 cm³/mol. The molecular weight excluding hydrogens is 290 g/mol. The largest absolute Gasteiger partial charge is 0.466 e. The molecule has 1 aliphatic rings. The summed E-state index contributed by atoms with van der Waals surface area (Å²) in [4.78, 5) is 35.9. The summed E-state index contributed by atoms with van der Waals surface area (Å²) in [7, 11) is 2.72. The standard InChI is InChI=1S/C14H15N3O5/c1-8-11(13(18)22-3)12(15-14(19)16(8)2)9-6-4-5-7-10(9)17(20)21/h4-7,12H,1-3H3,(H,15,19)/t12-/m0/s1. The summed E-state index contributed by atoms with van der Waals surface area (Å²) in [5, 5.41) is 13.8. The molecule has 0 spiro atoms. The van der Waals surface area contributed by atoms with Crippen LogP contribution in [0.15, 0.2) is 35.5 Å². The van der Waals surface area contributed by atoms with Crippen molar-refractivity contribution in [2.45, 2.75) is 13.0 Å². The van der Waals surface area contributed by atoms with E-state index in [1.807, 2.05) is 0 Å². The van der Waals surface area contributed by atoms with Crippen LogP contribution in [0.1, 0.15) is 18.5 Å². The minimum Gasteiger partial charge on any atom is -0.466 e. The third-order valence-corrected chi connectivity index (χ3v) is 3.60. The first kappa shape index (κ1) is 15.5. The van der Waals surface area contributed by atoms with Crippen molar-refractivity contribution in [3.63, 3.8) is 0 Å². The normalized spacial score (nSPS) is 18.0. The number of ether oxygens (including phenoxy) is 1. The van der Waals surface area contributed by atoms with Crippen molar-refractivity contribution in [2.24, 2.45) is 0 Å². The van der Waals surface area contributed by atoms with E-state index in [-0.39, 0.29) is 16.8 Å². The summed E-state index contributed by atoms with van der Waals surface area (Å²) in [6.45, 7) is 1.59. The van der Waals surface area contributed by atoms with Crippen molar-refractivity contribution < 1.29 is 19.2 Å². The lowest BCUT2D eigenvalue weighted by Crippen LogP contribution is -2.46. The van der Waals surface area contributed by atoms with E-state index in [1.165, 1.54) is 37.3 Å². The molecule has 8 nitrogen and oxygen atoms in total. The molecule has 1 aliphatic heterocycles. The van der Waals surface area contributed by atoms with Crippen LogP contribution >= 0.6 is 0 Å². The Labute approximate surface area is 126 Å². The van der Waals surface area contributed by atoms with Crippen molar-refractivity contribution in [3.05, 3.63) is 51.2 Å². The summed E-state index contributed by atoms with van der Waals surface area (Å²) in [5.41, 5.74) is 0.609. The highest BCUT2D eigenvalue weighted by Crippen LogP contribution is 2.34. The van der Waals surface area contributed by atoms with Gasteiger partial charge in [0, 0.05) is 18.8 Å². The Kier molecular flexibility index (Phi) is 4.11. The molecule has 2 amide bonds. The molecule has 0 bridgehead atoms. The van der Waals surface area contributed by atoms with Crippen LogP contribution in [0.2, 0.25) is 0 Å². The van der Waals surface area contributed by atoms with Gasteiger partial charge in [-0.1, -0.05) is 12.1 Å². The molecule has 1 atom stereocenters. The van der Waals surface area contributed by atoms with Crippen LogP contribution in [0.3, 0.4) is 0 Å². The second-order valence-corrected chi connectivity index (χ2v) is 4.75. The highest BCUT2D eigenvalue weighted by atomic mass is 16.6. The number of benzene rings is 1. The van der Waals surface area contributed by atoms with Gasteiger partial charge >= 0.3 is 12.0 Å². The fourth-order valence-electron chi connectivity index (χ4n) is 2.34. The first-order valence-electron chi connectivity index (χ1n) is 6.45. The molecule has 2 rings (SSSR count). The second-order valence-electron chi connectivity index (χ2n) is 4.75. The first-order valence-corrected chi connectivity index (χ1v) is 6.45. The van der Waals surface area contributed by atoms with E-state index in [1.54, 1.807) is 13.0 Å². The number of carbonyl (C=O) groups excluding carboxylic acids is 2. The molecule has 0 radical (unpaired) electrons. The highest BCUT2D eigenvalue weighted by molar-refractivity contribution is 5.95. The lowest BCUT2D eigenvalue weighted by atomic mass is 9.94. The molecule has 22 heavy (non-hydrogen) atoms. The minimum atomic E-state index is -0.933. The van der Waals surface area contributed by atoms with E-state index >= 15 is 0 Å². The Hall–Kier alpha value is -2.90. The Bertz CT molecular complexity index is 683. The van der Waals surface area contributed by atoms with Gasteiger partial charge in [0.15, 0.2) is 0 Å². The highest BCUT2D eigenvalue weighted by Gasteiger charge is 2.37. The zero-order valence-corrected chi connectivity index (χ0v) is 12.3. The number of methoxy groups -OCH3 is 1. The molecule has 0 saturated heterocycles. The monoisotopic (exact) mass is 305 g/mol. The molecule has 1 heterocycles. The number of nitrogens with zero attached hydrogens (tertiary/aromatic N) is 2. The SMILES string of the molecule is COC(=O)C1=C(C)N(C)C(=O)N[C@H]1c1ccccc1[N+](=O)[O-]. The zero-order valence-electron chi connectivity index (χ0n) is 12.3. The number of urea groups is 1. The molecule has 1 aromatic rings. The predicted octanol–water partition coefficient (Wildman–Crippen LogP) is 1.74. The number of carbonyl (C=O) groups is 2. The van der Waals surface area contributed by atoms with Gasteiger partial charge in [-0.2, -0.15) is 0 Å². The van der Waals surface area contributed by atoms with E-state index in [4.69, 9.17) is 4.74 Å². The number of hydrogen-bond acceptors (Lipinski definition) is 5. The molecule has 0 fully saturated rings. The fourth-order valence-corrected chi connectivity index (χ4v) is 2.34. The topological polar surface area (TPSA) is 102 Å². The van der Waals surface area contributed by atoms with E-state index in [9.17, 15) is 19.7 Å². The van der Waals surface area contributed by atoms with E-state index in [0.29, 0.717) is 5.70 Å². The average Bonchev–Trinajstić information content (AvgIpc) is 2.51. The van der Waals surface area contributed by atoms with Crippen LogP contribution in [-0.4, -0.2) is 36.0 Å². The fraction of sp³-hybridized carbons (Fsp3) is 0.286. The molecule has 8 heteroatoms. The molecule has 1 aromatic carbocycles. The number of amides is 2. The van der Waals surface area contributed by atoms with Gasteiger partial charge in [-0.3, -0.25) is 10.1 Å². The number of hydrogen-bond donors (Lipinski definition) is 1. The third-order valence-electron chi connectivity index (χ3n) is 3.60. The van der Waals surface area contributed by atoms with Crippen LogP contribution < -0.4 is 5.32 Å². The second kappa shape index (κ2) is 5.84. The number of rotatable bonds is 3. The van der Waals surface area contributed by atoms with Crippen LogP contribution in [0.4, 0.5) is 10.5 Å². The summed E-state index contributed by atoms with van der Waals surface area (Å²) in [6.07, 6.45) is 0. The van der Waals surface area contributed by atoms with Crippen molar-refractivity contribution in [2.75, 3.05) is 14.2 Å². The molecule has 1 N–H and O–H groups in total. The van der Waals surface area contributed by atoms with Crippen LogP contribution in [-0.2, 0) is 9.53 Å². The minimum absolute atomic E-state index is 0.166. The maximum atomic E-state index is 12.1. The molecule has 116 valence electrons. The number of nitrogens with one attached hydrogen (secondary N) is 1. The van der Waals surface area contributed by atoms with Crippen LogP contribution in [0.25, 0.3) is 0 Å². The maximum Gasteiger partial charge on any atom is 0.337 e. The lowest BCUT2D eigenvalue weighted by molar-refractivity contribution is -0.385. The van der Waals surface area contributed by atoms with Gasteiger partial charge in [0.05, 0.1) is 29.2 Å². The Morgan fingerprint density at radius 3 is 2.64 bits per heavy atom. The number of nitro groups is 1. The van der Waals surface area contributed by atoms with E-state index < -0.39 is 23.0 Å². The number of allylic oxidation sites excluding steroid dienone is 1. The van der Waals surface area contributed by atoms with Crippen molar-refractivity contribution in [1.29, 1.82) is 0 Å². The van der Waals surface area contributed by atoms with Gasteiger partial charge in [0.1, 0.15) is 0 Å². The van der Waals surface area contributed by atoms with E-state index in [0.717, 1.165) is 0 Å². The summed E-state index contributed by atoms with van der Waals surface area (Å²) in [6, 6.07) is 4.57. The van der Waals surface area contributed by atoms with Gasteiger partial charge in [0.2, 0.25) is 0 Å². The van der Waals surface area contributed by atoms with Crippen molar-refractivity contribution in [3.8, 4) is 0 Å². The smallest absolute Gasteiger partial charge is 0.337 e. The van der Waals surface area contributed by atoms with E-state index in [2.05, 4.69) is 5.32 Å². The van der Waals surface area contributed by atoms with Gasteiger partial charge in [-0.25, -0.2) is 9.59 Å². The quantitative estimate of drug-likeness (QED) is 0.520. The molecule has 0 saturated carbocycles. The summed E-state index contributed by atoms with van der Waals surface area (Å²) in [5.74, 6) is -0.646. The Morgan fingerprint density at radius 2 is 2.05 bits per heavy atom. The Balaban J connectivity index is 2.65. The Morgan fingerprint density at radius 1 is 1.41 bits per heavy atom. The average molecular weight is 305 g/mol. The van der Waals surface area contributed by atoms with Crippen LogP contribution in [0, 0.1) is 10.1 Å². The zero-order chi connectivity index (χ0) is 16.4. The van der Waals surface area contributed by atoms with Crippen LogP contribution in [0.5, 0.6) is 0 Å². The molecular formula is C14H15N3O5. The van der Waals surface area contributed by atoms with Gasteiger partial charge in [-0.15, -0.1) is 0 Å². The van der Waals surface area contributed by atoms with Crippen molar-refractivity contribution >= 4 is 17.7 Å².